The van der Waals surface area contributed by atoms with Gasteiger partial charge in [0.1, 0.15) is 10.1 Å². The molecule has 1 aliphatic rings. The van der Waals surface area contributed by atoms with Crippen LogP contribution >= 0.6 is 23.5 Å². The van der Waals surface area contributed by atoms with Crippen LogP contribution in [0.4, 0.5) is 11.4 Å². The number of rotatable bonds is 12. The Bertz CT molecular complexity index is 2880. The molecule has 2 N–H and O–H groups in total. The van der Waals surface area contributed by atoms with E-state index in [1.54, 1.807) is 6.08 Å². The Hall–Kier alpha value is -6.93. The first-order valence-electron chi connectivity index (χ1n) is 20.3. The number of carbonyl (C=O) groups excluding carboxylic acids is 1. The smallest absolute Gasteiger partial charge is 0.313 e. The first kappa shape index (κ1) is 41.8. The highest BCUT2D eigenvalue weighted by atomic mass is 32.2. The standard InChI is InChI=1S/C55H44N2O3S2/c1-36-14-21-45(30-37(36)2)50(42-10-6-4-7-11-42)32-39-15-22-44(23-16-39)49-29-24-46(31-38(49)3)51(43-12-8-5-9-13-43)33-40-17-25-47(26-18-40)56-48-27-19-41(20-28-48)34-52-54(60)62-55(57-52)61-35-53(58)59/h4-34,56H,35H2,1-3H3,(H,58,59). The maximum Gasteiger partial charge on any atom is 0.313 e. The maximum absolute atomic E-state index is 12.4. The number of anilines is 2. The molecule has 0 saturated heterocycles. The van der Waals surface area contributed by atoms with Crippen molar-refractivity contribution >= 4 is 79.7 Å². The number of hydrogen-bond donors (Lipinski definition) is 2. The van der Waals surface area contributed by atoms with Crippen LogP contribution in [0.1, 0.15) is 55.6 Å². The van der Waals surface area contributed by atoms with Gasteiger partial charge < -0.3 is 10.4 Å². The van der Waals surface area contributed by atoms with E-state index in [9.17, 15) is 9.59 Å². The molecule has 0 aliphatic carbocycles. The molecule has 62 heavy (non-hydrogen) atoms. The van der Waals surface area contributed by atoms with Crippen molar-refractivity contribution in [2.24, 2.45) is 4.99 Å². The molecule has 7 aromatic carbocycles. The molecule has 0 radical (unpaired) electrons. The minimum absolute atomic E-state index is 0.131. The van der Waals surface area contributed by atoms with Crippen LogP contribution in [0, 0.1) is 20.8 Å². The molecule has 0 bridgehead atoms. The van der Waals surface area contributed by atoms with Gasteiger partial charge in [-0.25, -0.2) is 4.99 Å². The van der Waals surface area contributed by atoms with Crippen LogP contribution in [-0.2, 0) is 9.59 Å². The van der Waals surface area contributed by atoms with Crippen LogP contribution in [0.3, 0.4) is 0 Å². The lowest BCUT2D eigenvalue weighted by molar-refractivity contribution is -0.133. The monoisotopic (exact) mass is 844 g/mol. The molecule has 0 saturated carbocycles. The third kappa shape index (κ3) is 10.3. The Morgan fingerprint density at radius 3 is 1.65 bits per heavy atom. The molecular weight excluding hydrogens is 801 g/mol. The van der Waals surface area contributed by atoms with Crippen LogP contribution < -0.4 is 5.32 Å². The Morgan fingerprint density at radius 2 is 1.11 bits per heavy atom. The fourth-order valence-corrected chi connectivity index (χ4v) is 8.84. The number of carboxylic acids is 1. The first-order chi connectivity index (χ1) is 30.1. The fraction of sp³-hybridized carbons (Fsp3) is 0.0727. The summed E-state index contributed by atoms with van der Waals surface area (Å²) in [7, 11) is 0. The zero-order chi connectivity index (χ0) is 43.0. The van der Waals surface area contributed by atoms with Crippen molar-refractivity contribution in [2.45, 2.75) is 20.8 Å². The van der Waals surface area contributed by atoms with Crippen molar-refractivity contribution < 1.29 is 14.7 Å². The Kier molecular flexibility index (Phi) is 12.9. The molecule has 0 fully saturated rings. The molecule has 1 heterocycles. The van der Waals surface area contributed by atoms with Crippen LogP contribution in [0.15, 0.2) is 181 Å². The first-order valence-corrected chi connectivity index (χ1v) is 22.1. The zero-order valence-electron chi connectivity index (χ0n) is 34.6. The number of benzene rings is 7. The van der Waals surface area contributed by atoms with Gasteiger partial charge in [-0.1, -0.05) is 157 Å². The topological polar surface area (TPSA) is 78.8 Å². The average molecular weight is 845 g/mol. The summed E-state index contributed by atoms with van der Waals surface area (Å²) in [6.07, 6.45) is 6.25. The van der Waals surface area contributed by atoms with Gasteiger partial charge in [-0.3, -0.25) is 9.59 Å². The Balaban J connectivity index is 0.993. The predicted octanol–water partition coefficient (Wildman–Crippen LogP) is 14.0. The normalized spacial score (nSPS) is 13.6. The number of carboxylic acid groups (broad SMARTS) is 1. The van der Waals surface area contributed by atoms with E-state index in [1.165, 1.54) is 44.5 Å². The summed E-state index contributed by atoms with van der Waals surface area (Å²) in [6, 6.07) is 59.6. The van der Waals surface area contributed by atoms with Crippen molar-refractivity contribution in [3.63, 3.8) is 0 Å². The lowest BCUT2D eigenvalue weighted by atomic mass is 9.91. The van der Waals surface area contributed by atoms with E-state index in [2.05, 4.69) is 183 Å². The summed E-state index contributed by atoms with van der Waals surface area (Å²) in [5.74, 6) is -1.07. The van der Waals surface area contributed by atoms with Gasteiger partial charge in [0, 0.05) is 11.4 Å². The minimum atomic E-state index is -0.944. The van der Waals surface area contributed by atoms with E-state index in [1.807, 2.05) is 30.3 Å². The van der Waals surface area contributed by atoms with E-state index in [0.29, 0.717) is 10.1 Å². The Morgan fingerprint density at radius 1 is 0.597 bits per heavy atom. The highest BCUT2D eigenvalue weighted by Gasteiger charge is 2.23. The summed E-state index contributed by atoms with van der Waals surface area (Å²) in [6.45, 7) is 6.52. The number of carbonyl (C=O) groups is 2. The van der Waals surface area contributed by atoms with Crippen molar-refractivity contribution in [1.82, 2.24) is 0 Å². The molecule has 7 heteroatoms. The molecule has 7 aromatic rings. The number of thioether (sulfide) groups is 2. The second-order valence-electron chi connectivity index (χ2n) is 15.1. The lowest BCUT2D eigenvalue weighted by Crippen LogP contribution is -1.99. The van der Waals surface area contributed by atoms with Crippen molar-refractivity contribution in [2.75, 3.05) is 11.1 Å². The molecule has 8 rings (SSSR count). The summed E-state index contributed by atoms with van der Waals surface area (Å²) in [5.41, 5.74) is 18.4. The molecule has 5 nitrogen and oxygen atoms in total. The third-order valence-electron chi connectivity index (χ3n) is 10.7. The second-order valence-corrected chi connectivity index (χ2v) is 17.3. The zero-order valence-corrected chi connectivity index (χ0v) is 36.3. The van der Waals surface area contributed by atoms with Gasteiger partial charge in [0.05, 0.1) is 5.75 Å². The summed E-state index contributed by atoms with van der Waals surface area (Å²) in [4.78, 5) is 27.6. The van der Waals surface area contributed by atoms with Crippen LogP contribution in [-0.4, -0.2) is 26.3 Å². The predicted molar refractivity (Wildman–Crippen MR) is 264 cm³/mol. The van der Waals surface area contributed by atoms with Gasteiger partial charge in [0.2, 0.25) is 5.12 Å². The Labute approximate surface area is 371 Å². The summed E-state index contributed by atoms with van der Waals surface area (Å²) < 4.78 is 0.456. The highest BCUT2D eigenvalue weighted by molar-refractivity contribution is 8.45. The maximum atomic E-state index is 12.4. The van der Waals surface area contributed by atoms with Gasteiger partial charge in [-0.2, -0.15) is 0 Å². The molecule has 0 amide bonds. The van der Waals surface area contributed by atoms with Gasteiger partial charge >= 0.3 is 5.97 Å². The van der Waals surface area contributed by atoms with Crippen molar-refractivity contribution in [1.29, 1.82) is 0 Å². The summed E-state index contributed by atoms with van der Waals surface area (Å²) >= 11 is 2.02. The quantitative estimate of drug-likeness (QED) is 0.0942. The third-order valence-corrected chi connectivity index (χ3v) is 12.7. The molecule has 0 spiro atoms. The van der Waals surface area contributed by atoms with E-state index >= 15 is 0 Å². The second kappa shape index (κ2) is 19.2. The van der Waals surface area contributed by atoms with E-state index in [4.69, 9.17) is 5.11 Å². The number of aryl methyl sites for hydroxylation is 3. The molecule has 304 valence electrons. The number of nitrogens with zero attached hydrogens (tertiary/aromatic N) is 1. The SMILES string of the molecule is Cc1ccc(C(=Cc2ccc(-c3ccc(C(=Cc4ccc(Nc5ccc(C=C6N=C(SCC(=O)O)SC6=O)cc5)cc4)c4ccccc4)cc3C)cc2)c2ccccc2)cc1C. The molecule has 0 atom stereocenters. The van der Waals surface area contributed by atoms with E-state index in [0.717, 1.165) is 68.3 Å². The van der Waals surface area contributed by atoms with Gasteiger partial charge in [-0.05, 0) is 153 Å². The fourth-order valence-electron chi connectivity index (χ4n) is 7.28. The van der Waals surface area contributed by atoms with Gasteiger partial charge in [0.25, 0.3) is 0 Å². The number of nitrogens with one attached hydrogen (secondary N) is 1. The minimum Gasteiger partial charge on any atom is -0.481 e. The molecular formula is C55H44N2O3S2. The highest BCUT2D eigenvalue weighted by Crippen LogP contribution is 2.34. The molecule has 0 aromatic heterocycles. The molecule has 0 unspecified atom stereocenters. The van der Waals surface area contributed by atoms with Crippen LogP contribution in [0.25, 0.3) is 40.5 Å². The summed E-state index contributed by atoms with van der Waals surface area (Å²) in [5, 5.41) is 12.2. The number of aliphatic imine (C=N–C) groups is 1. The van der Waals surface area contributed by atoms with Gasteiger partial charge in [-0.15, -0.1) is 0 Å². The van der Waals surface area contributed by atoms with Crippen LogP contribution in [0.5, 0.6) is 0 Å². The van der Waals surface area contributed by atoms with Crippen molar-refractivity contribution in [3.8, 4) is 11.1 Å². The average Bonchev–Trinajstić information content (AvgIpc) is 3.65. The van der Waals surface area contributed by atoms with Crippen molar-refractivity contribution in [3.05, 3.63) is 231 Å². The van der Waals surface area contributed by atoms with Crippen LogP contribution in [0.2, 0.25) is 0 Å². The van der Waals surface area contributed by atoms with E-state index < -0.39 is 5.97 Å². The number of aliphatic carboxylic acids is 1. The number of hydrogen-bond acceptors (Lipinski definition) is 6. The van der Waals surface area contributed by atoms with E-state index in [-0.39, 0.29) is 10.9 Å². The molecule has 1 aliphatic heterocycles. The van der Waals surface area contributed by atoms with Gasteiger partial charge in [0.15, 0.2) is 0 Å². The largest absolute Gasteiger partial charge is 0.481 e. The lowest BCUT2D eigenvalue weighted by Gasteiger charge is -2.14.